The first-order chi connectivity index (χ1) is 12.6. The van der Waals surface area contributed by atoms with Crippen molar-refractivity contribution in [2.75, 3.05) is 18.4 Å². The van der Waals surface area contributed by atoms with Crippen molar-refractivity contribution in [3.05, 3.63) is 65.7 Å². The third-order valence-corrected chi connectivity index (χ3v) is 3.65. The molecule has 2 rings (SSSR count). The van der Waals surface area contributed by atoms with Crippen LogP contribution in [0, 0.1) is 0 Å². The number of hydrogen-bond donors (Lipinski definition) is 3. The highest BCUT2D eigenvalue weighted by Gasteiger charge is 2.08. The van der Waals surface area contributed by atoms with Gasteiger partial charge in [0.2, 0.25) is 5.91 Å². The van der Waals surface area contributed by atoms with Gasteiger partial charge in [0.15, 0.2) is 0 Å². The number of amides is 3. The molecule has 2 aromatic carbocycles. The van der Waals surface area contributed by atoms with E-state index < -0.39 is 0 Å². The summed E-state index contributed by atoms with van der Waals surface area (Å²) in [5.41, 5.74) is 1.67. The van der Waals surface area contributed by atoms with E-state index in [1.54, 1.807) is 48.5 Å². The van der Waals surface area contributed by atoms with Crippen LogP contribution in [0.1, 0.15) is 40.5 Å². The van der Waals surface area contributed by atoms with Crippen molar-refractivity contribution in [1.82, 2.24) is 10.6 Å². The van der Waals surface area contributed by atoms with Crippen LogP contribution >= 0.6 is 0 Å². The Kier molecular flexibility index (Phi) is 7.36. The molecule has 0 aliphatic heterocycles. The van der Waals surface area contributed by atoms with Crippen molar-refractivity contribution in [3.8, 4) is 0 Å². The van der Waals surface area contributed by atoms with Gasteiger partial charge in [0.05, 0.1) is 0 Å². The zero-order valence-electron chi connectivity index (χ0n) is 14.7. The highest BCUT2D eigenvalue weighted by Crippen LogP contribution is 2.11. The van der Waals surface area contributed by atoms with Gasteiger partial charge in [-0.05, 0) is 43.7 Å². The lowest BCUT2D eigenvalue weighted by molar-refractivity contribution is -0.116. The molecule has 3 N–H and O–H groups in total. The maximum atomic E-state index is 12.0. The van der Waals surface area contributed by atoms with Gasteiger partial charge in [-0.25, -0.2) is 0 Å². The lowest BCUT2D eigenvalue weighted by Crippen LogP contribution is -2.25. The molecule has 0 aliphatic carbocycles. The molecule has 3 amide bonds. The highest BCUT2D eigenvalue weighted by atomic mass is 16.2. The largest absolute Gasteiger partial charge is 0.352 e. The quantitative estimate of drug-likeness (QED) is 0.638. The molecule has 0 spiro atoms. The Balaban J connectivity index is 1.74. The van der Waals surface area contributed by atoms with Crippen molar-refractivity contribution in [3.63, 3.8) is 0 Å². The van der Waals surface area contributed by atoms with Crippen molar-refractivity contribution in [2.45, 2.75) is 19.8 Å². The van der Waals surface area contributed by atoms with Gasteiger partial charge >= 0.3 is 0 Å². The molecule has 0 fully saturated rings. The molecule has 0 aliphatic rings. The van der Waals surface area contributed by atoms with Crippen LogP contribution in [0.3, 0.4) is 0 Å². The topological polar surface area (TPSA) is 87.3 Å². The summed E-state index contributed by atoms with van der Waals surface area (Å²) in [7, 11) is 0. The Labute approximate surface area is 153 Å². The minimum atomic E-state index is -0.174. The number of carbonyl (C=O) groups is 3. The summed E-state index contributed by atoms with van der Waals surface area (Å²) in [6.45, 7) is 2.81. The minimum Gasteiger partial charge on any atom is -0.352 e. The third kappa shape index (κ3) is 6.05. The van der Waals surface area contributed by atoms with Crippen molar-refractivity contribution >= 4 is 23.4 Å². The monoisotopic (exact) mass is 353 g/mol. The molecule has 0 bridgehead atoms. The van der Waals surface area contributed by atoms with Crippen molar-refractivity contribution in [2.24, 2.45) is 0 Å². The van der Waals surface area contributed by atoms with E-state index in [2.05, 4.69) is 16.0 Å². The zero-order valence-corrected chi connectivity index (χ0v) is 14.7. The van der Waals surface area contributed by atoms with E-state index in [1.807, 2.05) is 13.0 Å². The summed E-state index contributed by atoms with van der Waals surface area (Å²) in [6, 6.07) is 15.7. The first-order valence-corrected chi connectivity index (χ1v) is 8.61. The maximum absolute atomic E-state index is 12.0. The van der Waals surface area contributed by atoms with Crippen LogP contribution in [0.25, 0.3) is 0 Å². The second kappa shape index (κ2) is 9.98. The van der Waals surface area contributed by atoms with Gasteiger partial charge < -0.3 is 16.0 Å². The van der Waals surface area contributed by atoms with Crippen LogP contribution in [-0.2, 0) is 4.79 Å². The van der Waals surface area contributed by atoms with E-state index in [1.165, 1.54) is 0 Å². The Morgan fingerprint density at radius 3 is 2.27 bits per heavy atom. The number of carbonyl (C=O) groups excluding carboxylic acids is 3. The molecule has 0 heterocycles. The highest BCUT2D eigenvalue weighted by molar-refractivity contribution is 5.97. The number of rotatable bonds is 8. The van der Waals surface area contributed by atoms with Gasteiger partial charge in [-0.3, -0.25) is 14.4 Å². The number of benzene rings is 2. The number of hydrogen-bond acceptors (Lipinski definition) is 3. The summed E-state index contributed by atoms with van der Waals surface area (Å²) in [5, 5.41) is 8.27. The lowest BCUT2D eigenvalue weighted by atomic mass is 10.2. The van der Waals surface area contributed by atoms with Crippen molar-refractivity contribution < 1.29 is 14.4 Å². The maximum Gasteiger partial charge on any atom is 0.251 e. The molecule has 136 valence electrons. The molecule has 0 unspecified atom stereocenters. The van der Waals surface area contributed by atoms with Crippen LogP contribution in [0.2, 0.25) is 0 Å². The van der Waals surface area contributed by atoms with Gasteiger partial charge in [0.25, 0.3) is 11.8 Å². The van der Waals surface area contributed by atoms with Crippen LogP contribution < -0.4 is 16.0 Å². The second-order valence-corrected chi connectivity index (χ2v) is 5.71. The first kappa shape index (κ1) is 19.2. The van der Waals surface area contributed by atoms with Crippen LogP contribution in [0.4, 0.5) is 5.69 Å². The van der Waals surface area contributed by atoms with E-state index in [4.69, 9.17) is 0 Å². The van der Waals surface area contributed by atoms with Gasteiger partial charge in [0, 0.05) is 36.3 Å². The van der Waals surface area contributed by atoms with E-state index in [9.17, 15) is 14.4 Å². The predicted molar refractivity (Wildman–Crippen MR) is 101 cm³/mol. The van der Waals surface area contributed by atoms with E-state index in [0.717, 1.165) is 0 Å². The summed E-state index contributed by atoms with van der Waals surface area (Å²) < 4.78 is 0. The normalized spacial score (nSPS) is 10.0. The summed E-state index contributed by atoms with van der Waals surface area (Å²) >= 11 is 0. The molecule has 2 aromatic rings. The van der Waals surface area contributed by atoms with E-state index >= 15 is 0 Å². The Hall–Kier alpha value is -3.15. The van der Waals surface area contributed by atoms with Gasteiger partial charge in [-0.15, -0.1) is 0 Å². The fraction of sp³-hybridized carbons (Fsp3) is 0.250. The molecular formula is C20H23N3O3. The molecule has 0 atom stereocenters. The third-order valence-electron chi connectivity index (χ3n) is 3.65. The smallest absolute Gasteiger partial charge is 0.251 e. The Morgan fingerprint density at radius 1 is 0.846 bits per heavy atom. The van der Waals surface area contributed by atoms with Crippen LogP contribution in [-0.4, -0.2) is 30.8 Å². The molecule has 0 saturated carbocycles. The first-order valence-electron chi connectivity index (χ1n) is 8.61. The average Bonchev–Trinajstić information content (AvgIpc) is 2.66. The number of anilines is 1. The summed E-state index contributed by atoms with van der Waals surface area (Å²) in [5.74, 6) is -0.486. The molecular weight excluding hydrogens is 330 g/mol. The molecule has 26 heavy (non-hydrogen) atoms. The van der Waals surface area contributed by atoms with Crippen LogP contribution in [0.15, 0.2) is 54.6 Å². The predicted octanol–water partition coefficient (Wildman–Crippen LogP) is 2.59. The molecule has 0 aromatic heterocycles. The Bertz CT molecular complexity index is 760. The molecule has 0 saturated heterocycles. The summed E-state index contributed by atoms with van der Waals surface area (Å²) in [4.78, 5) is 35.7. The van der Waals surface area contributed by atoms with E-state index in [-0.39, 0.29) is 24.1 Å². The van der Waals surface area contributed by atoms with Gasteiger partial charge in [0.1, 0.15) is 0 Å². The van der Waals surface area contributed by atoms with Gasteiger partial charge in [-0.2, -0.15) is 0 Å². The fourth-order valence-corrected chi connectivity index (χ4v) is 2.37. The second-order valence-electron chi connectivity index (χ2n) is 5.71. The molecule has 6 nitrogen and oxygen atoms in total. The lowest BCUT2D eigenvalue weighted by Gasteiger charge is -2.08. The molecule has 0 radical (unpaired) electrons. The standard InChI is InChI=1S/C20H23N3O3/c1-2-21-20(26)16-10-6-11-17(14-16)23-18(24)12-7-13-22-19(25)15-8-4-3-5-9-15/h3-6,8-11,14H,2,7,12-13H2,1H3,(H,21,26)(H,22,25)(H,23,24). The summed E-state index contributed by atoms with van der Waals surface area (Å²) in [6.07, 6.45) is 0.806. The Morgan fingerprint density at radius 2 is 1.54 bits per heavy atom. The zero-order chi connectivity index (χ0) is 18.8. The molecule has 6 heteroatoms. The minimum absolute atomic E-state index is 0.152. The SMILES string of the molecule is CCNC(=O)c1cccc(NC(=O)CCCNC(=O)c2ccccc2)c1. The van der Waals surface area contributed by atoms with Gasteiger partial charge in [-0.1, -0.05) is 24.3 Å². The van der Waals surface area contributed by atoms with Crippen molar-refractivity contribution in [1.29, 1.82) is 0 Å². The average molecular weight is 353 g/mol. The van der Waals surface area contributed by atoms with Crippen LogP contribution in [0.5, 0.6) is 0 Å². The number of nitrogens with one attached hydrogen (secondary N) is 3. The van der Waals surface area contributed by atoms with E-state index in [0.29, 0.717) is 36.3 Å². The fourth-order valence-electron chi connectivity index (χ4n) is 2.37.